The molecule has 144 valence electrons. The summed E-state index contributed by atoms with van der Waals surface area (Å²) in [6, 6.07) is 16.4. The standard InChI is InChI=1S/C19H19N5O2S2/c1-12(13-7-3-2-4-8-13)21-17(26)14-9-5-6-10-15(14)22-16(25)11-27-19-24-23-18(20)28-19/h2-10,12H,11H2,1H3,(H2,20,23)(H,21,26)(H,22,25)/t12-/m0/s1. The van der Waals surface area contributed by atoms with Gasteiger partial charge in [0.05, 0.1) is 23.0 Å². The number of nitrogens with zero attached hydrogens (tertiary/aromatic N) is 2. The summed E-state index contributed by atoms with van der Waals surface area (Å²) in [4.78, 5) is 25.0. The van der Waals surface area contributed by atoms with Crippen LogP contribution in [0.1, 0.15) is 28.9 Å². The summed E-state index contributed by atoms with van der Waals surface area (Å²) in [5, 5.41) is 13.7. The van der Waals surface area contributed by atoms with Crippen molar-refractivity contribution in [3.8, 4) is 0 Å². The number of nitrogens with one attached hydrogen (secondary N) is 2. The fourth-order valence-electron chi connectivity index (χ4n) is 2.48. The van der Waals surface area contributed by atoms with Gasteiger partial charge in [0, 0.05) is 0 Å². The van der Waals surface area contributed by atoms with Crippen molar-refractivity contribution in [2.75, 3.05) is 16.8 Å². The Balaban J connectivity index is 1.63. The lowest BCUT2D eigenvalue weighted by atomic mass is 10.1. The van der Waals surface area contributed by atoms with Crippen LogP contribution in [0.3, 0.4) is 0 Å². The highest BCUT2D eigenvalue weighted by Gasteiger charge is 2.16. The highest BCUT2D eigenvalue weighted by atomic mass is 32.2. The summed E-state index contributed by atoms with van der Waals surface area (Å²) in [5.41, 5.74) is 7.40. The van der Waals surface area contributed by atoms with E-state index in [0.29, 0.717) is 20.7 Å². The topological polar surface area (TPSA) is 110 Å². The number of thioether (sulfide) groups is 1. The molecule has 0 bridgehead atoms. The highest BCUT2D eigenvalue weighted by molar-refractivity contribution is 8.01. The van der Waals surface area contributed by atoms with Gasteiger partial charge in [-0.05, 0) is 24.6 Å². The molecule has 9 heteroatoms. The lowest BCUT2D eigenvalue weighted by Crippen LogP contribution is -2.28. The molecular weight excluding hydrogens is 394 g/mol. The van der Waals surface area contributed by atoms with Gasteiger partial charge in [0.15, 0.2) is 4.34 Å². The van der Waals surface area contributed by atoms with E-state index in [2.05, 4.69) is 20.8 Å². The number of para-hydroxylation sites is 1. The molecule has 2 aromatic carbocycles. The van der Waals surface area contributed by atoms with Crippen LogP contribution in [-0.4, -0.2) is 27.8 Å². The van der Waals surface area contributed by atoms with Crippen molar-refractivity contribution in [2.24, 2.45) is 0 Å². The molecule has 1 heterocycles. The van der Waals surface area contributed by atoms with Crippen LogP contribution in [-0.2, 0) is 4.79 Å². The van der Waals surface area contributed by atoms with Crippen molar-refractivity contribution in [1.82, 2.24) is 15.5 Å². The number of carbonyl (C=O) groups excluding carboxylic acids is 2. The van der Waals surface area contributed by atoms with Crippen LogP contribution in [0.2, 0.25) is 0 Å². The molecule has 0 saturated carbocycles. The highest BCUT2D eigenvalue weighted by Crippen LogP contribution is 2.24. The molecule has 4 N–H and O–H groups in total. The second-order valence-electron chi connectivity index (χ2n) is 5.89. The molecule has 0 aliphatic heterocycles. The van der Waals surface area contributed by atoms with Crippen molar-refractivity contribution >= 4 is 45.7 Å². The van der Waals surface area contributed by atoms with Crippen LogP contribution < -0.4 is 16.4 Å². The Kier molecular flexibility index (Phi) is 6.62. The Morgan fingerprint density at radius 2 is 1.82 bits per heavy atom. The van der Waals surface area contributed by atoms with Crippen molar-refractivity contribution in [3.05, 3.63) is 65.7 Å². The van der Waals surface area contributed by atoms with Gasteiger partial charge in [0.2, 0.25) is 11.0 Å². The number of anilines is 2. The van der Waals surface area contributed by atoms with E-state index in [-0.39, 0.29) is 23.6 Å². The Morgan fingerprint density at radius 3 is 2.54 bits per heavy atom. The molecule has 0 aliphatic rings. The van der Waals surface area contributed by atoms with Gasteiger partial charge >= 0.3 is 0 Å². The van der Waals surface area contributed by atoms with E-state index in [9.17, 15) is 9.59 Å². The van der Waals surface area contributed by atoms with Crippen LogP contribution >= 0.6 is 23.1 Å². The summed E-state index contributed by atoms with van der Waals surface area (Å²) in [6.07, 6.45) is 0. The number of benzene rings is 2. The number of rotatable bonds is 7. The van der Waals surface area contributed by atoms with E-state index in [4.69, 9.17) is 5.73 Å². The zero-order chi connectivity index (χ0) is 19.9. The number of hydrogen-bond donors (Lipinski definition) is 3. The molecule has 0 saturated heterocycles. The monoisotopic (exact) mass is 413 g/mol. The minimum atomic E-state index is -0.253. The van der Waals surface area contributed by atoms with Crippen LogP contribution in [0, 0.1) is 0 Å². The first-order chi connectivity index (χ1) is 13.5. The minimum absolute atomic E-state index is 0.144. The summed E-state index contributed by atoms with van der Waals surface area (Å²) in [5.74, 6) is -0.350. The summed E-state index contributed by atoms with van der Waals surface area (Å²) < 4.78 is 0.621. The number of carbonyl (C=O) groups is 2. The first kappa shape index (κ1) is 19.8. The quantitative estimate of drug-likeness (QED) is 0.513. The van der Waals surface area contributed by atoms with Crippen LogP contribution in [0.25, 0.3) is 0 Å². The van der Waals surface area contributed by atoms with Gasteiger partial charge in [-0.1, -0.05) is 65.6 Å². The normalized spacial score (nSPS) is 11.6. The molecule has 0 fully saturated rings. The maximum Gasteiger partial charge on any atom is 0.253 e. The van der Waals surface area contributed by atoms with Gasteiger partial charge in [-0.15, -0.1) is 10.2 Å². The Hall–Kier alpha value is -2.91. The van der Waals surface area contributed by atoms with Crippen LogP contribution in [0.5, 0.6) is 0 Å². The molecule has 1 aromatic heterocycles. The average Bonchev–Trinajstić information content (AvgIpc) is 3.12. The third kappa shape index (κ3) is 5.30. The number of aromatic nitrogens is 2. The van der Waals surface area contributed by atoms with Gasteiger partial charge in [-0.2, -0.15) is 0 Å². The number of hydrogen-bond acceptors (Lipinski definition) is 7. The van der Waals surface area contributed by atoms with Gasteiger partial charge in [0.1, 0.15) is 0 Å². The predicted octanol–water partition coefficient (Wildman–Crippen LogP) is 3.34. The van der Waals surface area contributed by atoms with Gasteiger partial charge < -0.3 is 16.4 Å². The van der Waals surface area contributed by atoms with Crippen molar-refractivity contribution in [3.63, 3.8) is 0 Å². The second-order valence-corrected chi connectivity index (χ2v) is 8.13. The predicted molar refractivity (Wildman–Crippen MR) is 112 cm³/mol. The molecule has 28 heavy (non-hydrogen) atoms. The van der Waals surface area contributed by atoms with E-state index in [1.165, 1.54) is 23.1 Å². The minimum Gasteiger partial charge on any atom is -0.374 e. The van der Waals surface area contributed by atoms with E-state index >= 15 is 0 Å². The van der Waals surface area contributed by atoms with Crippen LogP contribution in [0.15, 0.2) is 58.9 Å². The van der Waals surface area contributed by atoms with E-state index < -0.39 is 0 Å². The maximum atomic E-state index is 12.7. The first-order valence-corrected chi connectivity index (χ1v) is 10.3. The molecular formula is C19H19N5O2S2. The van der Waals surface area contributed by atoms with Crippen molar-refractivity contribution < 1.29 is 9.59 Å². The third-order valence-electron chi connectivity index (χ3n) is 3.84. The molecule has 2 amide bonds. The zero-order valence-electron chi connectivity index (χ0n) is 15.1. The van der Waals surface area contributed by atoms with Crippen molar-refractivity contribution in [2.45, 2.75) is 17.3 Å². The molecule has 3 rings (SSSR count). The SMILES string of the molecule is C[C@H](NC(=O)c1ccccc1NC(=O)CSc1nnc(N)s1)c1ccccc1. The molecule has 0 spiro atoms. The molecule has 7 nitrogen and oxygen atoms in total. The lowest BCUT2D eigenvalue weighted by Gasteiger charge is -2.16. The van der Waals surface area contributed by atoms with Gasteiger partial charge in [-0.25, -0.2) is 0 Å². The maximum absolute atomic E-state index is 12.7. The molecule has 0 aliphatic carbocycles. The van der Waals surface area contributed by atoms with E-state index in [0.717, 1.165) is 5.56 Å². The summed E-state index contributed by atoms with van der Waals surface area (Å²) >= 11 is 2.47. The summed E-state index contributed by atoms with van der Waals surface area (Å²) in [7, 11) is 0. The zero-order valence-corrected chi connectivity index (χ0v) is 16.7. The number of nitrogens with two attached hydrogens (primary N) is 1. The molecule has 1 atom stereocenters. The fraction of sp³-hybridized carbons (Fsp3) is 0.158. The summed E-state index contributed by atoms with van der Waals surface area (Å²) in [6.45, 7) is 1.92. The first-order valence-electron chi connectivity index (χ1n) is 8.49. The van der Waals surface area contributed by atoms with E-state index in [1.807, 2.05) is 37.3 Å². The largest absolute Gasteiger partial charge is 0.374 e. The van der Waals surface area contributed by atoms with Gasteiger partial charge in [0.25, 0.3) is 5.91 Å². The third-order valence-corrected chi connectivity index (χ3v) is 5.73. The smallest absolute Gasteiger partial charge is 0.253 e. The fourth-order valence-corrected chi connectivity index (χ4v) is 3.92. The molecule has 0 radical (unpaired) electrons. The second kappa shape index (κ2) is 9.34. The molecule has 0 unspecified atom stereocenters. The number of nitrogen functional groups attached to an aromatic ring is 1. The van der Waals surface area contributed by atoms with Crippen molar-refractivity contribution in [1.29, 1.82) is 0 Å². The Bertz CT molecular complexity index is 962. The Labute approximate surface area is 170 Å². The number of amides is 2. The van der Waals surface area contributed by atoms with Crippen LogP contribution in [0.4, 0.5) is 10.8 Å². The van der Waals surface area contributed by atoms with E-state index in [1.54, 1.807) is 24.3 Å². The Morgan fingerprint density at radius 1 is 1.11 bits per heavy atom. The lowest BCUT2D eigenvalue weighted by molar-refractivity contribution is -0.113. The molecule has 3 aromatic rings. The average molecular weight is 414 g/mol. The van der Waals surface area contributed by atoms with Gasteiger partial charge in [-0.3, -0.25) is 9.59 Å².